The second kappa shape index (κ2) is 3.14. The fraction of sp³-hybridized carbons (Fsp3) is 0.100. The Balaban J connectivity index is 2.88. The Kier molecular flexibility index (Phi) is 1.96. The van der Waals surface area contributed by atoms with Crippen molar-refractivity contribution in [1.82, 2.24) is 0 Å². The molecule has 2 aromatic rings. The number of fused-ring (bicyclic) bond motifs is 1. The quantitative estimate of drug-likeness (QED) is 0.689. The lowest BCUT2D eigenvalue weighted by atomic mass is 10.2. The minimum absolute atomic E-state index is 0.0418. The van der Waals surface area contributed by atoms with Gasteiger partial charge in [0.2, 0.25) is 0 Å². The van der Waals surface area contributed by atoms with Gasteiger partial charge in [-0.25, -0.2) is 4.39 Å². The Labute approximate surface area is 79.1 Å². The molecular weight excluding hydrogens is 187 g/mol. The zero-order chi connectivity index (χ0) is 10.1. The van der Waals surface area contributed by atoms with Crippen LogP contribution in [-0.2, 0) is 0 Å². The number of methoxy groups -OCH3 is 1. The van der Waals surface area contributed by atoms with Crippen LogP contribution < -0.4 is 4.74 Å². The van der Waals surface area contributed by atoms with Crippen molar-refractivity contribution in [3.63, 3.8) is 0 Å². The molecule has 0 bridgehead atoms. The minimum atomic E-state index is -0.489. The first-order chi connectivity index (χ1) is 6.77. The topological polar surface area (TPSA) is 39.4 Å². The van der Waals surface area contributed by atoms with Gasteiger partial charge in [-0.15, -0.1) is 0 Å². The maximum absolute atomic E-state index is 13.3. The molecule has 0 saturated carbocycles. The summed E-state index contributed by atoms with van der Waals surface area (Å²) in [4.78, 5) is 10.7. The van der Waals surface area contributed by atoms with Crippen LogP contribution in [0.25, 0.3) is 11.0 Å². The lowest BCUT2D eigenvalue weighted by molar-refractivity contribution is 0.111. The van der Waals surface area contributed by atoms with Gasteiger partial charge in [-0.3, -0.25) is 4.79 Å². The number of rotatable bonds is 2. The molecule has 72 valence electrons. The number of carbonyl (C=O) groups is 1. The number of ether oxygens (including phenoxy) is 1. The predicted molar refractivity (Wildman–Crippen MR) is 48.1 cm³/mol. The number of hydrogen-bond acceptors (Lipinski definition) is 3. The Morgan fingerprint density at radius 2 is 2.29 bits per heavy atom. The first kappa shape index (κ1) is 8.74. The molecule has 0 amide bonds. The summed E-state index contributed by atoms with van der Waals surface area (Å²) in [6, 6.07) is 4.35. The highest BCUT2D eigenvalue weighted by Crippen LogP contribution is 2.31. The lowest BCUT2D eigenvalue weighted by Crippen LogP contribution is -1.86. The summed E-state index contributed by atoms with van der Waals surface area (Å²) in [6.07, 6.45) is 0.522. The van der Waals surface area contributed by atoms with Gasteiger partial charge < -0.3 is 9.15 Å². The first-order valence-corrected chi connectivity index (χ1v) is 3.98. The molecule has 0 N–H and O–H groups in total. The standard InChI is InChI=1S/C10H7FO3/c1-13-10-6(5-12)9-7(11)3-2-4-8(9)14-10/h2-5H,1H3. The van der Waals surface area contributed by atoms with Crippen molar-refractivity contribution in [2.24, 2.45) is 0 Å². The molecule has 1 aromatic heterocycles. The Morgan fingerprint density at radius 3 is 2.93 bits per heavy atom. The van der Waals surface area contributed by atoms with Crippen molar-refractivity contribution in [3.8, 4) is 5.95 Å². The van der Waals surface area contributed by atoms with E-state index in [0.29, 0.717) is 11.9 Å². The highest BCUT2D eigenvalue weighted by Gasteiger charge is 2.16. The molecule has 3 nitrogen and oxygen atoms in total. The van der Waals surface area contributed by atoms with Crippen LogP contribution in [0.2, 0.25) is 0 Å². The number of carbonyl (C=O) groups excluding carboxylic acids is 1. The number of furan rings is 1. The van der Waals surface area contributed by atoms with E-state index in [1.54, 1.807) is 6.07 Å². The molecule has 0 saturated heterocycles. The minimum Gasteiger partial charge on any atom is -0.468 e. The van der Waals surface area contributed by atoms with Crippen LogP contribution in [0.5, 0.6) is 5.95 Å². The van der Waals surface area contributed by atoms with Crippen molar-refractivity contribution >= 4 is 17.3 Å². The number of hydrogen-bond donors (Lipinski definition) is 0. The average molecular weight is 194 g/mol. The third-order valence-electron chi connectivity index (χ3n) is 1.97. The van der Waals surface area contributed by atoms with E-state index in [4.69, 9.17) is 9.15 Å². The van der Waals surface area contributed by atoms with Crippen molar-refractivity contribution < 1.29 is 18.3 Å². The van der Waals surface area contributed by atoms with Crippen LogP contribution in [0.15, 0.2) is 22.6 Å². The van der Waals surface area contributed by atoms with E-state index in [1.165, 1.54) is 19.2 Å². The van der Waals surface area contributed by atoms with Crippen LogP contribution in [-0.4, -0.2) is 13.4 Å². The highest BCUT2D eigenvalue weighted by molar-refractivity contribution is 5.99. The molecule has 14 heavy (non-hydrogen) atoms. The van der Waals surface area contributed by atoms with Crippen molar-refractivity contribution in [3.05, 3.63) is 29.6 Å². The van der Waals surface area contributed by atoms with Gasteiger partial charge >= 0.3 is 0 Å². The molecule has 0 aliphatic rings. The van der Waals surface area contributed by atoms with Crippen LogP contribution in [0.1, 0.15) is 10.4 Å². The molecule has 0 fully saturated rings. The second-order valence-corrected chi connectivity index (χ2v) is 2.74. The highest BCUT2D eigenvalue weighted by atomic mass is 19.1. The predicted octanol–water partition coefficient (Wildman–Crippen LogP) is 2.39. The van der Waals surface area contributed by atoms with Gasteiger partial charge in [0.25, 0.3) is 5.95 Å². The third-order valence-corrected chi connectivity index (χ3v) is 1.97. The van der Waals surface area contributed by atoms with E-state index >= 15 is 0 Å². The van der Waals surface area contributed by atoms with Crippen molar-refractivity contribution in [2.45, 2.75) is 0 Å². The van der Waals surface area contributed by atoms with Crippen LogP contribution in [0.3, 0.4) is 0 Å². The fourth-order valence-electron chi connectivity index (χ4n) is 1.37. The fourth-order valence-corrected chi connectivity index (χ4v) is 1.37. The molecule has 0 spiro atoms. The molecular formula is C10H7FO3. The SMILES string of the molecule is COc1oc2cccc(F)c2c1C=O. The smallest absolute Gasteiger partial charge is 0.296 e. The maximum atomic E-state index is 13.3. The van der Waals surface area contributed by atoms with Gasteiger partial charge in [0.15, 0.2) is 6.29 Å². The molecule has 0 radical (unpaired) electrons. The van der Waals surface area contributed by atoms with Crippen LogP contribution in [0.4, 0.5) is 4.39 Å². The number of aldehydes is 1. The first-order valence-electron chi connectivity index (χ1n) is 3.98. The summed E-state index contributed by atoms with van der Waals surface area (Å²) in [5.41, 5.74) is 0.421. The maximum Gasteiger partial charge on any atom is 0.296 e. The van der Waals surface area contributed by atoms with Gasteiger partial charge in [-0.2, -0.15) is 0 Å². The molecule has 0 unspecified atom stereocenters. The van der Waals surface area contributed by atoms with E-state index in [0.717, 1.165) is 0 Å². The van der Waals surface area contributed by atoms with Gasteiger partial charge in [0.1, 0.15) is 17.0 Å². The number of benzene rings is 1. The third kappa shape index (κ3) is 1.08. The monoisotopic (exact) mass is 194 g/mol. The Morgan fingerprint density at radius 1 is 1.50 bits per heavy atom. The van der Waals surface area contributed by atoms with E-state index < -0.39 is 5.82 Å². The molecule has 2 rings (SSSR count). The largest absolute Gasteiger partial charge is 0.468 e. The van der Waals surface area contributed by atoms with Crippen LogP contribution >= 0.6 is 0 Å². The van der Waals surface area contributed by atoms with Gasteiger partial charge in [-0.05, 0) is 12.1 Å². The van der Waals surface area contributed by atoms with E-state index in [2.05, 4.69) is 0 Å². The van der Waals surface area contributed by atoms with Gasteiger partial charge in [0.05, 0.1) is 12.5 Å². The summed E-state index contributed by atoms with van der Waals surface area (Å²) in [7, 11) is 1.36. The molecule has 0 aliphatic carbocycles. The number of halogens is 1. The van der Waals surface area contributed by atoms with E-state index in [1.807, 2.05) is 0 Å². The van der Waals surface area contributed by atoms with E-state index in [9.17, 15) is 9.18 Å². The Hall–Kier alpha value is -1.84. The van der Waals surface area contributed by atoms with Gasteiger partial charge in [0, 0.05) is 0 Å². The van der Waals surface area contributed by atoms with E-state index in [-0.39, 0.29) is 16.9 Å². The molecule has 1 aromatic carbocycles. The molecule has 1 heterocycles. The molecule has 4 heteroatoms. The van der Waals surface area contributed by atoms with Gasteiger partial charge in [-0.1, -0.05) is 6.07 Å². The average Bonchev–Trinajstić information content (AvgIpc) is 2.56. The normalized spacial score (nSPS) is 10.4. The molecule has 0 atom stereocenters. The van der Waals surface area contributed by atoms with Crippen molar-refractivity contribution in [2.75, 3.05) is 7.11 Å². The Bertz CT molecular complexity index is 487. The molecule has 0 aliphatic heterocycles. The summed E-state index contributed by atoms with van der Waals surface area (Å²) in [5, 5.41) is 0.166. The van der Waals surface area contributed by atoms with Crippen LogP contribution in [0, 0.1) is 5.82 Å². The summed E-state index contributed by atoms with van der Waals surface area (Å²) in [5.74, 6) is -0.447. The summed E-state index contributed by atoms with van der Waals surface area (Å²) < 4.78 is 23.2. The summed E-state index contributed by atoms with van der Waals surface area (Å²) >= 11 is 0. The summed E-state index contributed by atoms with van der Waals surface area (Å²) in [6.45, 7) is 0. The lowest BCUT2D eigenvalue weighted by Gasteiger charge is -1.91. The zero-order valence-electron chi connectivity index (χ0n) is 7.41. The second-order valence-electron chi connectivity index (χ2n) is 2.74. The zero-order valence-corrected chi connectivity index (χ0v) is 7.41. The van der Waals surface area contributed by atoms with Crippen molar-refractivity contribution in [1.29, 1.82) is 0 Å².